The van der Waals surface area contributed by atoms with Crippen LogP contribution in [0.2, 0.25) is 0 Å². The van der Waals surface area contributed by atoms with Crippen molar-refractivity contribution in [3.63, 3.8) is 0 Å². The molecule has 0 saturated heterocycles. The zero-order valence-electron chi connectivity index (χ0n) is 21.8. The van der Waals surface area contributed by atoms with Crippen molar-refractivity contribution in [3.05, 3.63) is 95.7 Å². The molecule has 1 atom stereocenters. The summed E-state index contributed by atoms with van der Waals surface area (Å²) < 4.78 is 12.9. The topological polar surface area (TPSA) is 127 Å². The number of nitrogens with one attached hydrogen (secondary N) is 3. The number of nitrogens with zero attached hydrogens (tertiary/aromatic N) is 3. The molecule has 40 heavy (non-hydrogen) atoms. The molecule has 0 saturated carbocycles. The van der Waals surface area contributed by atoms with Gasteiger partial charge in [-0.25, -0.2) is 9.59 Å². The van der Waals surface area contributed by atoms with Crippen LogP contribution in [0.3, 0.4) is 0 Å². The molecule has 0 radical (unpaired) electrons. The largest absolute Gasteiger partial charge is 0.467 e. The Morgan fingerprint density at radius 3 is 2.73 bits per heavy atom. The van der Waals surface area contributed by atoms with E-state index in [1.165, 1.54) is 18.0 Å². The summed E-state index contributed by atoms with van der Waals surface area (Å²) in [7, 11) is 0. The number of aromatic nitrogens is 4. The van der Waals surface area contributed by atoms with Crippen molar-refractivity contribution in [2.75, 3.05) is 12.4 Å². The quantitative estimate of drug-likeness (QED) is 0.176. The molecule has 6 rings (SSSR count). The van der Waals surface area contributed by atoms with Gasteiger partial charge < -0.3 is 24.8 Å². The fourth-order valence-electron chi connectivity index (χ4n) is 4.81. The van der Waals surface area contributed by atoms with Crippen molar-refractivity contribution >= 4 is 34.7 Å². The van der Waals surface area contributed by atoms with Gasteiger partial charge >= 0.3 is 12.0 Å². The maximum Gasteiger partial charge on any atom is 0.338 e. The van der Waals surface area contributed by atoms with Crippen LogP contribution in [0.25, 0.3) is 28.0 Å². The number of carbonyl (C=O) groups is 2. The molecule has 3 aromatic heterocycles. The molecular formula is C29H26N6O4S. The zero-order valence-corrected chi connectivity index (χ0v) is 22.6. The molecule has 202 valence electrons. The van der Waals surface area contributed by atoms with Crippen LogP contribution in [0, 0.1) is 6.92 Å². The lowest BCUT2D eigenvalue weighted by atomic mass is 10.0. The fraction of sp³-hybridized carbons (Fsp3) is 0.172. The Balaban J connectivity index is 1.43. The van der Waals surface area contributed by atoms with Gasteiger partial charge in [-0.3, -0.25) is 4.57 Å². The maximum atomic E-state index is 13.1. The van der Waals surface area contributed by atoms with E-state index in [1.54, 1.807) is 19.1 Å². The highest BCUT2D eigenvalue weighted by atomic mass is 32.2. The second kappa shape index (κ2) is 10.8. The normalized spacial score (nSPS) is 15.2. The molecule has 0 fully saturated rings. The first kappa shape index (κ1) is 25.5. The van der Waals surface area contributed by atoms with Gasteiger partial charge in [0.05, 0.1) is 24.1 Å². The zero-order chi connectivity index (χ0) is 27.6. The monoisotopic (exact) mass is 554 g/mol. The number of fused-ring (bicyclic) bond motifs is 1. The summed E-state index contributed by atoms with van der Waals surface area (Å²) >= 11 is 1.36. The van der Waals surface area contributed by atoms with Gasteiger partial charge in [-0.1, -0.05) is 48.2 Å². The number of amides is 2. The molecule has 0 spiro atoms. The maximum absolute atomic E-state index is 13.1. The average Bonchev–Trinajstić information content (AvgIpc) is 3.72. The van der Waals surface area contributed by atoms with E-state index in [1.807, 2.05) is 66.2 Å². The number of urea groups is 1. The number of hydrogen-bond donors (Lipinski definition) is 3. The predicted octanol–water partition coefficient (Wildman–Crippen LogP) is 5.28. The van der Waals surface area contributed by atoms with E-state index < -0.39 is 18.0 Å². The third-order valence-corrected chi connectivity index (χ3v) is 7.60. The van der Waals surface area contributed by atoms with Crippen molar-refractivity contribution in [2.24, 2.45) is 0 Å². The molecular weight excluding hydrogens is 528 g/mol. The van der Waals surface area contributed by atoms with E-state index >= 15 is 0 Å². The summed E-state index contributed by atoms with van der Waals surface area (Å²) in [5, 5.41) is 16.4. The molecule has 0 bridgehead atoms. The first-order chi connectivity index (χ1) is 19.5. The Kier molecular flexibility index (Phi) is 6.87. The number of benzene rings is 2. The lowest BCUT2D eigenvalue weighted by molar-refractivity contribution is -0.139. The van der Waals surface area contributed by atoms with Crippen LogP contribution in [-0.2, 0) is 9.53 Å². The first-order valence-electron chi connectivity index (χ1n) is 12.8. The number of aromatic amines is 1. The van der Waals surface area contributed by atoms with Crippen LogP contribution < -0.4 is 10.6 Å². The first-order valence-corrected chi connectivity index (χ1v) is 13.8. The number of H-pyrrole nitrogens is 1. The highest BCUT2D eigenvalue weighted by Crippen LogP contribution is 2.35. The molecule has 10 nitrogen and oxygen atoms in total. The Hall–Kier alpha value is -4.77. The molecule has 1 aliphatic rings. The van der Waals surface area contributed by atoms with E-state index in [0.717, 1.165) is 27.7 Å². The van der Waals surface area contributed by atoms with Crippen LogP contribution in [0.1, 0.15) is 24.3 Å². The van der Waals surface area contributed by atoms with Crippen LogP contribution in [0.4, 0.5) is 4.79 Å². The molecule has 11 heteroatoms. The summed E-state index contributed by atoms with van der Waals surface area (Å²) in [5.41, 5.74) is 4.58. The van der Waals surface area contributed by atoms with Crippen LogP contribution in [0.15, 0.2) is 94.0 Å². The highest BCUT2D eigenvalue weighted by Gasteiger charge is 2.35. The summed E-state index contributed by atoms with van der Waals surface area (Å²) in [6, 6.07) is 18.2. The van der Waals surface area contributed by atoms with Gasteiger partial charge in [0, 0.05) is 34.1 Å². The number of carbonyl (C=O) groups excluding carboxylic acids is 2. The van der Waals surface area contributed by atoms with Gasteiger partial charge in [0.1, 0.15) is 11.8 Å². The third-order valence-electron chi connectivity index (χ3n) is 6.64. The molecule has 2 aromatic carbocycles. The van der Waals surface area contributed by atoms with Crippen molar-refractivity contribution < 1.29 is 18.7 Å². The minimum atomic E-state index is -0.783. The number of hydrogen-bond acceptors (Lipinski definition) is 7. The van der Waals surface area contributed by atoms with Gasteiger partial charge in [0.2, 0.25) is 0 Å². The van der Waals surface area contributed by atoms with Crippen molar-refractivity contribution in [2.45, 2.75) is 25.0 Å². The SMILES string of the molecule is CCOC(=O)C1=C(CSc2nnc(-c3c[nH]c4ccccc34)n2-c2ccccc2C)NC(=O)NC1c1ccco1. The summed E-state index contributed by atoms with van der Waals surface area (Å²) in [6.45, 7) is 3.96. The van der Waals surface area contributed by atoms with Crippen LogP contribution in [0.5, 0.6) is 0 Å². The predicted molar refractivity (Wildman–Crippen MR) is 151 cm³/mol. The Labute approximate surface area is 233 Å². The van der Waals surface area contributed by atoms with Crippen molar-refractivity contribution in [1.82, 2.24) is 30.4 Å². The molecule has 5 aromatic rings. The van der Waals surface area contributed by atoms with E-state index in [0.29, 0.717) is 22.4 Å². The second-order valence-electron chi connectivity index (χ2n) is 9.12. The molecule has 4 heterocycles. The highest BCUT2D eigenvalue weighted by molar-refractivity contribution is 7.99. The van der Waals surface area contributed by atoms with E-state index in [4.69, 9.17) is 9.15 Å². The van der Waals surface area contributed by atoms with Gasteiger partial charge in [-0.2, -0.15) is 0 Å². The number of furan rings is 1. The minimum absolute atomic E-state index is 0.192. The average molecular weight is 555 g/mol. The van der Waals surface area contributed by atoms with Gasteiger partial charge in [0.15, 0.2) is 11.0 Å². The summed E-state index contributed by atoms with van der Waals surface area (Å²) in [4.78, 5) is 29.0. The van der Waals surface area contributed by atoms with Crippen molar-refractivity contribution in [1.29, 1.82) is 0 Å². The lowest BCUT2D eigenvalue weighted by Gasteiger charge is -2.27. The van der Waals surface area contributed by atoms with E-state index in [2.05, 4.69) is 25.8 Å². The summed E-state index contributed by atoms with van der Waals surface area (Å²) in [6.07, 6.45) is 3.43. The van der Waals surface area contributed by atoms with Gasteiger partial charge in [0.25, 0.3) is 0 Å². The standard InChI is InChI=1S/C29H26N6O4S/c1-3-38-27(36)24-21(31-28(37)32-25(24)23-13-8-14-39-23)16-40-29-34-33-26(35(29)22-12-7-4-9-17(22)2)19-15-30-20-11-6-5-10-18(19)20/h4-15,25,30H,3,16H2,1-2H3,(H2,31,32,37). The Morgan fingerprint density at radius 1 is 1.10 bits per heavy atom. The number of esters is 1. The van der Waals surface area contributed by atoms with Gasteiger partial charge in [-0.05, 0) is 43.7 Å². The Bertz CT molecular complexity index is 1740. The molecule has 2 amide bonds. The third kappa shape index (κ3) is 4.64. The fourth-order valence-corrected chi connectivity index (χ4v) is 5.73. The number of aryl methyl sites for hydroxylation is 1. The molecule has 1 unspecified atom stereocenters. The van der Waals surface area contributed by atoms with Gasteiger partial charge in [-0.15, -0.1) is 10.2 Å². The number of ether oxygens (including phenoxy) is 1. The number of rotatable bonds is 8. The van der Waals surface area contributed by atoms with E-state index in [9.17, 15) is 9.59 Å². The minimum Gasteiger partial charge on any atom is -0.467 e. The number of thioether (sulfide) groups is 1. The Morgan fingerprint density at radius 2 is 1.93 bits per heavy atom. The summed E-state index contributed by atoms with van der Waals surface area (Å²) in [5.74, 6) is 0.810. The smallest absolute Gasteiger partial charge is 0.338 e. The van der Waals surface area contributed by atoms with Crippen LogP contribution in [-0.4, -0.2) is 44.1 Å². The molecule has 1 aliphatic heterocycles. The lowest BCUT2D eigenvalue weighted by Crippen LogP contribution is -2.46. The number of para-hydroxylation sites is 2. The molecule has 0 aliphatic carbocycles. The van der Waals surface area contributed by atoms with Crippen LogP contribution >= 0.6 is 11.8 Å². The second-order valence-corrected chi connectivity index (χ2v) is 10.1. The molecule has 3 N–H and O–H groups in total. The van der Waals surface area contributed by atoms with Crippen molar-refractivity contribution in [3.8, 4) is 17.1 Å². The van der Waals surface area contributed by atoms with E-state index in [-0.39, 0.29) is 17.9 Å².